The lowest BCUT2D eigenvalue weighted by Crippen LogP contribution is -2.55. The fourth-order valence-corrected chi connectivity index (χ4v) is 0.842. The fraction of sp³-hybridized carbons (Fsp3) is 0.667. The molecule has 0 saturated heterocycles. The Morgan fingerprint density at radius 2 is 2.23 bits per heavy atom. The number of hydrogen-bond acceptors (Lipinski definition) is 4. The Kier molecular flexibility index (Phi) is 5.34. The van der Waals surface area contributed by atoms with Crippen molar-refractivity contribution in [2.24, 2.45) is 16.5 Å². The summed E-state index contributed by atoms with van der Waals surface area (Å²) in [4.78, 5) is 4.34. The van der Waals surface area contributed by atoms with Crippen LogP contribution in [0.3, 0.4) is 0 Å². The van der Waals surface area contributed by atoms with Gasteiger partial charge in [0.1, 0.15) is 5.66 Å². The second-order valence-electron chi connectivity index (χ2n) is 3.08. The van der Waals surface area contributed by atoms with Gasteiger partial charge in [-0.3, -0.25) is 10.3 Å². The van der Waals surface area contributed by atoms with Gasteiger partial charge in [-0.2, -0.15) is 0 Å². The van der Waals surface area contributed by atoms with E-state index in [1.54, 1.807) is 13.1 Å². The molecule has 0 aliphatic carbocycles. The summed E-state index contributed by atoms with van der Waals surface area (Å²) < 4.78 is 0. The van der Waals surface area contributed by atoms with Gasteiger partial charge < -0.3 is 11.5 Å². The molecular formula is C9H20N4. The minimum atomic E-state index is -0.606. The monoisotopic (exact) mass is 184 g/mol. The molecule has 0 aromatic rings. The highest BCUT2D eigenvalue weighted by atomic mass is 15.1. The molecule has 1 atom stereocenters. The van der Waals surface area contributed by atoms with Gasteiger partial charge >= 0.3 is 0 Å². The van der Waals surface area contributed by atoms with Crippen molar-refractivity contribution in [3.05, 3.63) is 12.3 Å². The van der Waals surface area contributed by atoms with Crippen LogP contribution in [0.2, 0.25) is 0 Å². The first kappa shape index (κ1) is 12.1. The van der Waals surface area contributed by atoms with E-state index >= 15 is 0 Å². The number of rotatable bonds is 5. The van der Waals surface area contributed by atoms with Crippen LogP contribution < -0.4 is 16.8 Å². The summed E-state index contributed by atoms with van der Waals surface area (Å²) in [5, 5.41) is 2.98. The number of hydrogen-bond donors (Lipinski definition) is 3. The SMILES string of the molecule is CCC/N=C(\C=C/N)C(C)(N)NC. The molecule has 0 aromatic heterocycles. The van der Waals surface area contributed by atoms with Gasteiger partial charge in [0.25, 0.3) is 0 Å². The molecule has 0 aromatic carbocycles. The lowest BCUT2D eigenvalue weighted by Gasteiger charge is -2.24. The summed E-state index contributed by atoms with van der Waals surface area (Å²) in [7, 11) is 1.80. The Morgan fingerprint density at radius 1 is 1.62 bits per heavy atom. The van der Waals surface area contributed by atoms with Crippen molar-refractivity contribution >= 4 is 5.71 Å². The first-order valence-corrected chi connectivity index (χ1v) is 4.49. The molecule has 1 unspecified atom stereocenters. The van der Waals surface area contributed by atoms with Crippen molar-refractivity contribution in [3.8, 4) is 0 Å². The van der Waals surface area contributed by atoms with E-state index in [0.717, 1.165) is 18.7 Å². The molecule has 0 aliphatic heterocycles. The second-order valence-corrected chi connectivity index (χ2v) is 3.08. The van der Waals surface area contributed by atoms with Crippen LogP contribution in [0, 0.1) is 0 Å². The number of aliphatic imine (C=N–C) groups is 1. The minimum Gasteiger partial charge on any atom is -0.405 e. The molecule has 4 heteroatoms. The van der Waals surface area contributed by atoms with Crippen LogP contribution in [0.15, 0.2) is 17.3 Å². The van der Waals surface area contributed by atoms with Crippen LogP contribution in [-0.2, 0) is 0 Å². The third kappa shape index (κ3) is 4.05. The number of nitrogens with one attached hydrogen (secondary N) is 1. The molecule has 0 heterocycles. The van der Waals surface area contributed by atoms with Crippen molar-refractivity contribution in [3.63, 3.8) is 0 Å². The molecule has 0 rings (SSSR count). The Morgan fingerprint density at radius 3 is 2.62 bits per heavy atom. The smallest absolute Gasteiger partial charge is 0.106 e. The van der Waals surface area contributed by atoms with Crippen molar-refractivity contribution in [2.75, 3.05) is 13.6 Å². The van der Waals surface area contributed by atoms with Crippen LogP contribution in [0.5, 0.6) is 0 Å². The lowest BCUT2D eigenvalue weighted by atomic mass is 10.1. The van der Waals surface area contributed by atoms with Gasteiger partial charge in [0.2, 0.25) is 0 Å². The summed E-state index contributed by atoms with van der Waals surface area (Å²) in [6.07, 6.45) is 4.19. The van der Waals surface area contributed by atoms with Gasteiger partial charge in [0.15, 0.2) is 0 Å². The minimum absolute atomic E-state index is 0.606. The standard InChI is InChI=1S/C9H20N4/c1-4-7-13-8(5-6-10)9(2,11)12-3/h5-6,12H,4,7,10-11H2,1-3H3/b6-5-,13-8+. The molecule has 76 valence electrons. The predicted octanol–water partition coefficient (Wildman–Crippen LogP) is 0.204. The fourth-order valence-electron chi connectivity index (χ4n) is 0.842. The molecular weight excluding hydrogens is 164 g/mol. The van der Waals surface area contributed by atoms with Gasteiger partial charge in [-0.25, -0.2) is 0 Å². The van der Waals surface area contributed by atoms with Gasteiger partial charge in [-0.15, -0.1) is 0 Å². The molecule has 0 radical (unpaired) electrons. The normalized spacial score (nSPS) is 17.7. The van der Waals surface area contributed by atoms with E-state index in [1.807, 2.05) is 6.92 Å². The van der Waals surface area contributed by atoms with Crippen LogP contribution in [0.4, 0.5) is 0 Å². The molecule has 0 aliphatic rings. The third-order valence-corrected chi connectivity index (χ3v) is 1.81. The van der Waals surface area contributed by atoms with E-state index in [-0.39, 0.29) is 0 Å². The van der Waals surface area contributed by atoms with Gasteiger partial charge in [0.05, 0.1) is 5.71 Å². The number of nitrogens with two attached hydrogens (primary N) is 2. The topological polar surface area (TPSA) is 76.4 Å². The Balaban J connectivity index is 4.59. The Bertz CT molecular complexity index is 194. The summed E-state index contributed by atoms with van der Waals surface area (Å²) in [5.74, 6) is 0. The molecule has 0 amide bonds. The highest BCUT2D eigenvalue weighted by molar-refractivity contribution is 6.01. The van der Waals surface area contributed by atoms with Crippen molar-refractivity contribution < 1.29 is 0 Å². The quantitative estimate of drug-likeness (QED) is 0.422. The van der Waals surface area contributed by atoms with Crippen molar-refractivity contribution in [1.29, 1.82) is 0 Å². The van der Waals surface area contributed by atoms with Gasteiger partial charge in [0, 0.05) is 6.54 Å². The Hall–Kier alpha value is -0.870. The molecule has 0 fully saturated rings. The molecule has 0 saturated carbocycles. The van der Waals surface area contributed by atoms with E-state index in [1.165, 1.54) is 6.20 Å². The zero-order valence-electron chi connectivity index (χ0n) is 8.67. The highest BCUT2D eigenvalue weighted by Gasteiger charge is 2.20. The summed E-state index contributed by atoms with van der Waals surface area (Å²) in [6.45, 7) is 4.70. The second kappa shape index (κ2) is 5.72. The maximum atomic E-state index is 5.94. The molecule has 13 heavy (non-hydrogen) atoms. The van der Waals surface area contributed by atoms with E-state index in [2.05, 4.69) is 17.2 Å². The van der Waals surface area contributed by atoms with E-state index in [9.17, 15) is 0 Å². The van der Waals surface area contributed by atoms with E-state index in [4.69, 9.17) is 11.5 Å². The lowest BCUT2D eigenvalue weighted by molar-refractivity contribution is 0.535. The van der Waals surface area contributed by atoms with Crippen molar-refractivity contribution in [2.45, 2.75) is 25.9 Å². The summed E-state index contributed by atoms with van der Waals surface area (Å²) >= 11 is 0. The van der Waals surface area contributed by atoms with Crippen molar-refractivity contribution in [1.82, 2.24) is 5.32 Å². The average Bonchev–Trinajstić information content (AvgIpc) is 2.12. The summed E-state index contributed by atoms with van der Waals surface area (Å²) in [6, 6.07) is 0. The zero-order chi connectivity index (χ0) is 10.3. The average molecular weight is 184 g/mol. The van der Waals surface area contributed by atoms with Crippen LogP contribution >= 0.6 is 0 Å². The zero-order valence-corrected chi connectivity index (χ0v) is 8.67. The summed E-state index contributed by atoms with van der Waals surface area (Å²) in [5.41, 5.74) is 11.4. The van der Waals surface area contributed by atoms with E-state index in [0.29, 0.717) is 0 Å². The van der Waals surface area contributed by atoms with Gasteiger partial charge in [-0.05, 0) is 32.7 Å². The molecule has 4 nitrogen and oxygen atoms in total. The van der Waals surface area contributed by atoms with E-state index < -0.39 is 5.66 Å². The maximum absolute atomic E-state index is 5.94. The van der Waals surface area contributed by atoms with Crippen LogP contribution in [0.25, 0.3) is 0 Å². The first-order valence-electron chi connectivity index (χ1n) is 4.49. The largest absolute Gasteiger partial charge is 0.405 e. The maximum Gasteiger partial charge on any atom is 0.106 e. The molecule has 0 bridgehead atoms. The first-order chi connectivity index (χ1) is 6.08. The molecule has 0 spiro atoms. The number of nitrogens with zero attached hydrogens (tertiary/aromatic N) is 1. The van der Waals surface area contributed by atoms with Crippen LogP contribution in [0.1, 0.15) is 20.3 Å². The highest BCUT2D eigenvalue weighted by Crippen LogP contribution is 1.99. The van der Waals surface area contributed by atoms with Gasteiger partial charge in [-0.1, -0.05) is 6.92 Å². The Labute approximate surface area is 80.1 Å². The third-order valence-electron chi connectivity index (χ3n) is 1.81. The molecule has 5 N–H and O–H groups in total. The van der Waals surface area contributed by atoms with Crippen LogP contribution in [-0.4, -0.2) is 25.0 Å². The predicted molar refractivity (Wildman–Crippen MR) is 57.6 cm³/mol.